The summed E-state index contributed by atoms with van der Waals surface area (Å²) in [7, 11) is 0. The summed E-state index contributed by atoms with van der Waals surface area (Å²) in [6.45, 7) is 0. The molecule has 0 amide bonds. The summed E-state index contributed by atoms with van der Waals surface area (Å²) in [5.41, 5.74) is 0. The molecule has 0 atom stereocenters. The van der Waals surface area contributed by atoms with Gasteiger partial charge in [-0.05, 0) is 6.07 Å². The maximum absolute atomic E-state index is 3.67. The van der Waals surface area contributed by atoms with Gasteiger partial charge in [0.1, 0.15) is 6.33 Å². The Kier molecular flexibility index (Phi) is 3.75. The van der Waals surface area contributed by atoms with Gasteiger partial charge in [0.2, 0.25) is 0 Å². The van der Waals surface area contributed by atoms with Crippen LogP contribution in [0.3, 0.4) is 0 Å². The molecule has 1 rings (SSSR count). The second-order valence-corrected chi connectivity index (χ2v) is 0.904. The number of rotatable bonds is 0. The smallest absolute Gasteiger partial charge is 0.115 e. The molecule has 0 spiro atoms. The van der Waals surface area contributed by atoms with Gasteiger partial charge in [-0.25, -0.2) is 9.97 Å². The molecule has 0 aromatic carbocycles. The zero-order chi connectivity index (χ0) is 4.24. The minimum absolute atomic E-state index is 0. The van der Waals surface area contributed by atoms with Gasteiger partial charge in [0.05, 0.1) is 0 Å². The Labute approximate surface area is 55.3 Å². The summed E-state index contributed by atoms with van der Waals surface area (Å²) >= 11 is 0. The second-order valence-electron chi connectivity index (χ2n) is 0.904. The van der Waals surface area contributed by atoms with Gasteiger partial charge >= 0.3 is 0 Å². The first-order valence-electron chi connectivity index (χ1n) is 1.70. The van der Waals surface area contributed by atoms with E-state index in [0.29, 0.717) is 0 Å². The second kappa shape index (κ2) is 3.90. The van der Waals surface area contributed by atoms with Crippen LogP contribution in [0.25, 0.3) is 0 Å². The molecule has 39 valence electrons. The third-order valence-corrected chi connectivity index (χ3v) is 0.478. The van der Waals surface area contributed by atoms with Crippen LogP contribution in [0.5, 0.6) is 0 Å². The Hall–Kier alpha value is -0.271. The van der Waals surface area contributed by atoms with E-state index in [1.807, 2.05) is 0 Å². The molecule has 0 bridgehead atoms. The first-order valence-corrected chi connectivity index (χ1v) is 1.70. The molecule has 7 heavy (non-hydrogen) atoms. The molecular weight excluding hydrogens is 268 g/mol. The van der Waals surface area contributed by atoms with Crippen LogP contribution < -0.4 is 0 Å². The number of nitrogens with zero attached hydrogens (tertiary/aromatic N) is 2. The molecule has 0 unspecified atom stereocenters. The van der Waals surface area contributed by atoms with Crippen molar-refractivity contribution >= 4 is 0 Å². The van der Waals surface area contributed by atoms with Gasteiger partial charge in [0.25, 0.3) is 0 Å². The Bertz CT molecular complexity index is 81.6. The summed E-state index contributed by atoms with van der Waals surface area (Å²) in [5, 5.41) is 0. The van der Waals surface area contributed by atoms with Crippen molar-refractivity contribution in [2.45, 2.75) is 0 Å². The summed E-state index contributed by atoms with van der Waals surface area (Å²) in [5.74, 6) is 0. The van der Waals surface area contributed by atoms with Crippen LogP contribution in [0.15, 0.2) is 24.8 Å². The number of hydrogen-bond acceptors (Lipinski definition) is 2. The zero-order valence-corrected chi connectivity index (χ0v) is 5.93. The van der Waals surface area contributed by atoms with Gasteiger partial charge in [-0.3, -0.25) is 0 Å². The third kappa shape index (κ3) is 2.43. The van der Waals surface area contributed by atoms with E-state index in [-0.39, 0.29) is 20.1 Å². The molecule has 3 heteroatoms. The standard InChI is InChI=1S/C4H4N2.Ir/c1-2-5-4-6-3-1;/h1-4H;. The Morgan fingerprint density at radius 2 is 1.57 bits per heavy atom. The molecule has 1 heterocycles. The van der Waals surface area contributed by atoms with E-state index in [4.69, 9.17) is 0 Å². The van der Waals surface area contributed by atoms with E-state index in [1.165, 1.54) is 6.33 Å². The molecule has 1 radical (unpaired) electrons. The minimum atomic E-state index is 0. The summed E-state index contributed by atoms with van der Waals surface area (Å²) in [6, 6.07) is 1.78. The summed E-state index contributed by atoms with van der Waals surface area (Å²) in [4.78, 5) is 7.35. The van der Waals surface area contributed by atoms with Crippen LogP contribution >= 0.6 is 0 Å². The molecule has 0 saturated heterocycles. The van der Waals surface area contributed by atoms with E-state index in [2.05, 4.69) is 9.97 Å². The topological polar surface area (TPSA) is 25.8 Å². The summed E-state index contributed by atoms with van der Waals surface area (Å²) < 4.78 is 0. The van der Waals surface area contributed by atoms with E-state index >= 15 is 0 Å². The van der Waals surface area contributed by atoms with Crippen LogP contribution in [0.4, 0.5) is 0 Å². The Morgan fingerprint density at radius 3 is 1.71 bits per heavy atom. The van der Waals surface area contributed by atoms with Gasteiger partial charge in [-0.15, -0.1) is 0 Å². The summed E-state index contributed by atoms with van der Waals surface area (Å²) in [6.07, 6.45) is 4.88. The SMILES string of the molecule is [Ir].c1cncnc1. The quantitative estimate of drug-likeness (QED) is 0.686. The van der Waals surface area contributed by atoms with Crippen molar-refractivity contribution < 1.29 is 20.1 Å². The van der Waals surface area contributed by atoms with E-state index in [9.17, 15) is 0 Å². The number of hydrogen-bond donors (Lipinski definition) is 0. The fourth-order valence-electron chi connectivity index (χ4n) is 0.253. The van der Waals surface area contributed by atoms with Crippen LogP contribution in [0, 0.1) is 0 Å². The molecule has 0 aliphatic rings. The Morgan fingerprint density at radius 1 is 1.00 bits per heavy atom. The molecule has 1 aromatic rings. The average molecular weight is 272 g/mol. The molecular formula is C4H4IrN2. The number of aromatic nitrogens is 2. The molecule has 2 nitrogen and oxygen atoms in total. The van der Waals surface area contributed by atoms with E-state index < -0.39 is 0 Å². The van der Waals surface area contributed by atoms with E-state index in [0.717, 1.165) is 0 Å². The van der Waals surface area contributed by atoms with Crippen molar-refractivity contribution in [3.05, 3.63) is 24.8 Å². The van der Waals surface area contributed by atoms with Crippen molar-refractivity contribution in [2.75, 3.05) is 0 Å². The molecule has 0 fully saturated rings. The van der Waals surface area contributed by atoms with Crippen molar-refractivity contribution in [1.29, 1.82) is 0 Å². The van der Waals surface area contributed by atoms with Crippen LogP contribution in [0.1, 0.15) is 0 Å². The van der Waals surface area contributed by atoms with Gasteiger partial charge < -0.3 is 0 Å². The monoisotopic (exact) mass is 273 g/mol. The van der Waals surface area contributed by atoms with Gasteiger partial charge in [0.15, 0.2) is 0 Å². The van der Waals surface area contributed by atoms with Gasteiger partial charge in [-0.2, -0.15) is 0 Å². The maximum Gasteiger partial charge on any atom is 0.115 e. The van der Waals surface area contributed by atoms with Crippen molar-refractivity contribution in [3.63, 3.8) is 0 Å². The van der Waals surface area contributed by atoms with Crippen molar-refractivity contribution in [3.8, 4) is 0 Å². The third-order valence-electron chi connectivity index (χ3n) is 0.478. The largest absolute Gasteiger partial charge is 0.245 e. The van der Waals surface area contributed by atoms with E-state index in [1.54, 1.807) is 18.5 Å². The average Bonchev–Trinajstić information content (AvgIpc) is 1.72. The normalized spacial score (nSPS) is 6.86. The van der Waals surface area contributed by atoms with Crippen LogP contribution in [-0.4, -0.2) is 9.97 Å². The molecule has 0 aliphatic carbocycles. The van der Waals surface area contributed by atoms with Crippen LogP contribution in [-0.2, 0) is 20.1 Å². The predicted octanol–water partition coefficient (Wildman–Crippen LogP) is 0.474. The first kappa shape index (κ1) is 6.73. The molecule has 0 aliphatic heterocycles. The minimum Gasteiger partial charge on any atom is -0.245 e. The van der Waals surface area contributed by atoms with Crippen molar-refractivity contribution in [2.24, 2.45) is 0 Å². The van der Waals surface area contributed by atoms with Crippen molar-refractivity contribution in [1.82, 2.24) is 9.97 Å². The molecule has 1 aromatic heterocycles. The zero-order valence-electron chi connectivity index (χ0n) is 3.54. The Balaban J connectivity index is 0.000000360. The molecule has 0 N–H and O–H groups in total. The first-order chi connectivity index (χ1) is 3.00. The van der Waals surface area contributed by atoms with Crippen LogP contribution in [0.2, 0.25) is 0 Å². The maximum atomic E-state index is 3.67. The molecule has 0 saturated carbocycles. The fourth-order valence-corrected chi connectivity index (χ4v) is 0.253. The van der Waals surface area contributed by atoms with Gasteiger partial charge in [0, 0.05) is 32.5 Å². The predicted molar refractivity (Wildman–Crippen MR) is 22.0 cm³/mol. The fraction of sp³-hybridized carbons (Fsp3) is 0. The van der Waals surface area contributed by atoms with Gasteiger partial charge in [-0.1, -0.05) is 0 Å².